The molecule has 3 nitrogen and oxygen atoms in total. The van der Waals surface area contributed by atoms with Gasteiger partial charge in [-0.1, -0.05) is 13.8 Å². The molecule has 1 aromatic heterocycles. The summed E-state index contributed by atoms with van der Waals surface area (Å²) in [6, 6.07) is 0. The highest BCUT2D eigenvalue weighted by Crippen LogP contribution is 2.24. The Balaban J connectivity index is 2.88. The van der Waals surface area contributed by atoms with E-state index in [9.17, 15) is 4.79 Å². The van der Waals surface area contributed by atoms with Gasteiger partial charge in [-0.25, -0.2) is 4.98 Å². The fourth-order valence-corrected chi connectivity index (χ4v) is 2.28. The highest BCUT2D eigenvalue weighted by atomic mass is 32.1. The fraction of sp³-hybridized carbons (Fsp3) is 0.556. The number of aromatic nitrogens is 1. The molecule has 0 aliphatic carbocycles. The van der Waals surface area contributed by atoms with Crippen molar-refractivity contribution < 1.29 is 9.90 Å². The van der Waals surface area contributed by atoms with Crippen molar-refractivity contribution in [2.45, 2.75) is 33.1 Å². The first-order valence-electron chi connectivity index (χ1n) is 4.18. The minimum atomic E-state index is -0.816. The number of carbonyl (C=O) groups is 1. The van der Waals surface area contributed by atoms with Gasteiger partial charge in [0.15, 0.2) is 0 Å². The van der Waals surface area contributed by atoms with E-state index in [0.29, 0.717) is 10.9 Å². The van der Waals surface area contributed by atoms with Crippen molar-refractivity contribution in [1.29, 1.82) is 0 Å². The van der Waals surface area contributed by atoms with Gasteiger partial charge < -0.3 is 5.11 Å². The van der Waals surface area contributed by atoms with E-state index in [0.717, 1.165) is 10.6 Å². The van der Waals surface area contributed by atoms with Crippen LogP contribution < -0.4 is 0 Å². The summed E-state index contributed by atoms with van der Waals surface area (Å²) in [6.45, 7) is 6.11. The Hall–Kier alpha value is -0.900. The molecule has 0 saturated heterocycles. The molecule has 0 radical (unpaired) electrons. The van der Waals surface area contributed by atoms with Crippen LogP contribution in [0, 0.1) is 6.92 Å². The number of aliphatic carboxylic acids is 1. The van der Waals surface area contributed by atoms with Crippen LogP contribution in [-0.4, -0.2) is 16.1 Å². The molecule has 0 amide bonds. The summed E-state index contributed by atoms with van der Waals surface area (Å²) in [5, 5.41) is 9.27. The Morgan fingerprint density at radius 2 is 2.23 bits per heavy atom. The first-order valence-corrected chi connectivity index (χ1v) is 5.00. The SMILES string of the molecule is Cc1sc(CC(=O)O)nc1C(C)C. The van der Waals surface area contributed by atoms with Crippen molar-refractivity contribution in [3.63, 3.8) is 0 Å². The second-order valence-electron chi connectivity index (χ2n) is 3.27. The third-order valence-electron chi connectivity index (χ3n) is 1.73. The summed E-state index contributed by atoms with van der Waals surface area (Å²) < 4.78 is 0. The van der Waals surface area contributed by atoms with E-state index >= 15 is 0 Å². The molecule has 4 heteroatoms. The number of aryl methyl sites for hydroxylation is 1. The quantitative estimate of drug-likeness (QED) is 0.811. The molecule has 0 spiro atoms. The molecule has 0 fully saturated rings. The minimum absolute atomic E-state index is 0.0399. The lowest BCUT2D eigenvalue weighted by Crippen LogP contribution is -1.99. The van der Waals surface area contributed by atoms with Gasteiger partial charge in [-0.05, 0) is 12.8 Å². The summed E-state index contributed by atoms with van der Waals surface area (Å²) in [6.07, 6.45) is 0.0399. The second-order valence-corrected chi connectivity index (χ2v) is 4.56. The van der Waals surface area contributed by atoms with Crippen molar-refractivity contribution in [3.05, 3.63) is 15.6 Å². The maximum Gasteiger partial charge on any atom is 0.310 e. The highest BCUT2D eigenvalue weighted by Gasteiger charge is 2.12. The molecule has 1 heterocycles. The molecule has 1 aromatic rings. The summed E-state index contributed by atoms with van der Waals surface area (Å²) in [4.78, 5) is 15.8. The molecule has 0 aromatic carbocycles. The highest BCUT2D eigenvalue weighted by molar-refractivity contribution is 7.11. The zero-order valence-electron chi connectivity index (χ0n) is 8.00. The van der Waals surface area contributed by atoms with E-state index in [4.69, 9.17) is 5.11 Å². The lowest BCUT2D eigenvalue weighted by Gasteiger charge is -1.99. The first kappa shape index (κ1) is 10.2. The lowest BCUT2D eigenvalue weighted by molar-refractivity contribution is -0.136. The third-order valence-corrected chi connectivity index (χ3v) is 2.71. The van der Waals surface area contributed by atoms with Crippen LogP contribution in [0.15, 0.2) is 0 Å². The van der Waals surface area contributed by atoms with Crippen LogP contribution in [0.1, 0.15) is 35.3 Å². The maximum absolute atomic E-state index is 10.4. The van der Waals surface area contributed by atoms with Crippen LogP contribution in [0.5, 0.6) is 0 Å². The van der Waals surface area contributed by atoms with Crippen molar-refractivity contribution in [1.82, 2.24) is 4.98 Å². The molecule has 1 rings (SSSR count). The Bertz CT molecular complexity index is 317. The van der Waals surface area contributed by atoms with E-state index in [1.54, 1.807) is 0 Å². The van der Waals surface area contributed by atoms with Gasteiger partial charge in [-0.2, -0.15) is 0 Å². The van der Waals surface area contributed by atoms with Gasteiger partial charge in [0.05, 0.1) is 12.1 Å². The second kappa shape index (κ2) is 3.87. The van der Waals surface area contributed by atoms with Crippen LogP contribution >= 0.6 is 11.3 Å². The maximum atomic E-state index is 10.4. The molecule has 0 unspecified atom stereocenters. The zero-order chi connectivity index (χ0) is 10.0. The average Bonchev–Trinajstić information content (AvgIpc) is 2.29. The Morgan fingerprint density at radius 3 is 2.62 bits per heavy atom. The molecule has 0 aliphatic rings. The van der Waals surface area contributed by atoms with Crippen molar-refractivity contribution in [3.8, 4) is 0 Å². The standard InChI is InChI=1S/C9H13NO2S/c1-5(2)9-6(3)13-7(10-9)4-8(11)12/h5H,4H2,1-3H3,(H,11,12). The number of carboxylic acid groups (broad SMARTS) is 1. The smallest absolute Gasteiger partial charge is 0.310 e. The van der Waals surface area contributed by atoms with Crippen LogP contribution in [0.25, 0.3) is 0 Å². The fourth-order valence-electron chi connectivity index (χ4n) is 1.21. The first-order chi connectivity index (χ1) is 6.00. The molecular formula is C9H13NO2S. The molecule has 1 N–H and O–H groups in total. The van der Waals surface area contributed by atoms with Crippen molar-refractivity contribution >= 4 is 17.3 Å². The normalized spacial score (nSPS) is 10.8. The van der Waals surface area contributed by atoms with Gasteiger partial charge in [-0.3, -0.25) is 4.79 Å². The summed E-state index contributed by atoms with van der Waals surface area (Å²) in [5.41, 5.74) is 1.03. The molecule has 0 atom stereocenters. The Morgan fingerprint density at radius 1 is 1.62 bits per heavy atom. The number of rotatable bonds is 3. The molecular weight excluding hydrogens is 186 g/mol. The van der Waals surface area contributed by atoms with E-state index < -0.39 is 5.97 Å². The van der Waals surface area contributed by atoms with E-state index in [1.807, 2.05) is 6.92 Å². The Kier molecular flexibility index (Phi) is 3.03. The van der Waals surface area contributed by atoms with Crippen LogP contribution in [0.3, 0.4) is 0 Å². The largest absolute Gasteiger partial charge is 0.481 e. The minimum Gasteiger partial charge on any atom is -0.481 e. The van der Waals surface area contributed by atoms with Gasteiger partial charge in [-0.15, -0.1) is 11.3 Å². The lowest BCUT2D eigenvalue weighted by atomic mass is 10.1. The predicted octanol–water partition coefficient (Wildman–Crippen LogP) is 2.20. The van der Waals surface area contributed by atoms with Gasteiger partial charge in [0.25, 0.3) is 0 Å². The van der Waals surface area contributed by atoms with E-state index in [-0.39, 0.29) is 6.42 Å². The van der Waals surface area contributed by atoms with Crippen LogP contribution in [-0.2, 0) is 11.2 Å². The number of hydrogen-bond donors (Lipinski definition) is 1. The molecule has 13 heavy (non-hydrogen) atoms. The van der Waals surface area contributed by atoms with E-state index in [1.165, 1.54) is 11.3 Å². The van der Waals surface area contributed by atoms with Gasteiger partial charge in [0.1, 0.15) is 5.01 Å². The molecule has 72 valence electrons. The number of carboxylic acids is 1. The summed E-state index contributed by atoms with van der Waals surface area (Å²) >= 11 is 1.48. The molecule has 0 bridgehead atoms. The van der Waals surface area contributed by atoms with Gasteiger partial charge >= 0.3 is 5.97 Å². The van der Waals surface area contributed by atoms with Gasteiger partial charge in [0, 0.05) is 4.88 Å². The third kappa shape index (κ3) is 2.52. The number of hydrogen-bond acceptors (Lipinski definition) is 3. The number of nitrogens with zero attached hydrogens (tertiary/aromatic N) is 1. The van der Waals surface area contributed by atoms with Crippen molar-refractivity contribution in [2.75, 3.05) is 0 Å². The molecule has 0 aliphatic heterocycles. The van der Waals surface area contributed by atoms with Crippen molar-refractivity contribution in [2.24, 2.45) is 0 Å². The van der Waals surface area contributed by atoms with Gasteiger partial charge in [0.2, 0.25) is 0 Å². The predicted molar refractivity (Wildman–Crippen MR) is 52.3 cm³/mol. The molecule has 0 saturated carbocycles. The van der Waals surface area contributed by atoms with E-state index in [2.05, 4.69) is 18.8 Å². The van der Waals surface area contributed by atoms with Crippen LogP contribution in [0.2, 0.25) is 0 Å². The summed E-state index contributed by atoms with van der Waals surface area (Å²) in [7, 11) is 0. The summed E-state index contributed by atoms with van der Waals surface area (Å²) in [5.74, 6) is -0.442. The monoisotopic (exact) mass is 199 g/mol. The van der Waals surface area contributed by atoms with Crippen LogP contribution in [0.4, 0.5) is 0 Å². The average molecular weight is 199 g/mol. The number of thiazole rings is 1. The zero-order valence-corrected chi connectivity index (χ0v) is 8.81. The topological polar surface area (TPSA) is 50.2 Å². The Labute approximate surface area is 81.4 Å².